The van der Waals surface area contributed by atoms with Crippen molar-refractivity contribution >= 4 is 11.0 Å². The molecule has 0 aliphatic heterocycles. The van der Waals surface area contributed by atoms with Crippen LogP contribution in [0.5, 0.6) is 0 Å². The molecule has 11 heavy (non-hydrogen) atoms. The maximum atomic E-state index is 3.90. The topological polar surface area (TPSA) is 41.6 Å². The van der Waals surface area contributed by atoms with Crippen LogP contribution in [0.1, 0.15) is 12.5 Å². The minimum absolute atomic E-state index is 0.917. The lowest BCUT2D eigenvalue weighted by molar-refractivity contribution is 0.959. The maximum Gasteiger partial charge on any atom is 0.113 e. The molecule has 0 spiro atoms. The fraction of sp³-hybridized carbons (Fsp3) is 0.125. The van der Waals surface area contributed by atoms with Crippen molar-refractivity contribution in [2.24, 2.45) is 0 Å². The molecule has 55 valence electrons. The molecule has 0 saturated carbocycles. The van der Waals surface area contributed by atoms with E-state index in [1.807, 2.05) is 31.5 Å². The number of benzene rings is 1. The summed E-state index contributed by atoms with van der Waals surface area (Å²) in [7, 11) is 0. The Balaban J connectivity index is 2.67. The summed E-state index contributed by atoms with van der Waals surface area (Å²) in [4.78, 5) is 0. The van der Waals surface area contributed by atoms with Gasteiger partial charge in [0.2, 0.25) is 0 Å². The minimum Gasteiger partial charge on any atom is -0.258 e. The molecule has 1 N–H and O–H groups in total. The maximum absolute atomic E-state index is 3.90. The van der Waals surface area contributed by atoms with Crippen LogP contribution >= 0.6 is 0 Å². The van der Waals surface area contributed by atoms with E-state index in [9.17, 15) is 0 Å². The highest BCUT2D eigenvalue weighted by molar-refractivity contribution is 5.74. The Kier molecular flexibility index (Phi) is 1.35. The van der Waals surface area contributed by atoms with Crippen LogP contribution in [-0.4, -0.2) is 15.4 Å². The average Bonchev–Trinajstić information content (AvgIpc) is 2.50. The summed E-state index contributed by atoms with van der Waals surface area (Å²) in [6.45, 7) is 2.00. The molecule has 0 amide bonds. The Morgan fingerprint density at radius 2 is 2.36 bits per heavy atom. The zero-order chi connectivity index (χ0) is 7.68. The van der Waals surface area contributed by atoms with E-state index in [1.54, 1.807) is 0 Å². The van der Waals surface area contributed by atoms with Crippen molar-refractivity contribution in [1.29, 1.82) is 0 Å². The molecule has 1 aromatic carbocycles. The quantitative estimate of drug-likeness (QED) is 0.662. The smallest absolute Gasteiger partial charge is 0.113 e. The van der Waals surface area contributed by atoms with Crippen molar-refractivity contribution in [2.45, 2.75) is 6.92 Å². The van der Waals surface area contributed by atoms with Gasteiger partial charge in [0, 0.05) is 0 Å². The van der Waals surface area contributed by atoms with Crippen LogP contribution in [-0.2, 0) is 0 Å². The van der Waals surface area contributed by atoms with Gasteiger partial charge in [-0.15, -0.1) is 5.10 Å². The summed E-state index contributed by atoms with van der Waals surface area (Å²) in [6, 6.07) is 6.01. The zero-order valence-electron chi connectivity index (χ0n) is 6.20. The monoisotopic (exact) mass is 146 g/mol. The van der Waals surface area contributed by atoms with Crippen molar-refractivity contribution in [2.75, 3.05) is 0 Å². The van der Waals surface area contributed by atoms with Crippen molar-refractivity contribution in [3.63, 3.8) is 0 Å². The highest BCUT2D eigenvalue weighted by Gasteiger charge is 1.96. The molecule has 2 aromatic rings. The summed E-state index contributed by atoms with van der Waals surface area (Å²) in [5, 5.41) is 10.4. The Morgan fingerprint density at radius 1 is 1.45 bits per heavy atom. The molecule has 0 fully saturated rings. The van der Waals surface area contributed by atoms with Gasteiger partial charge in [-0.3, -0.25) is 5.10 Å². The van der Waals surface area contributed by atoms with Crippen molar-refractivity contribution < 1.29 is 0 Å². The number of hydrogen-bond donors (Lipinski definition) is 1. The van der Waals surface area contributed by atoms with Gasteiger partial charge in [0.1, 0.15) is 5.52 Å². The second-order valence-corrected chi connectivity index (χ2v) is 2.38. The van der Waals surface area contributed by atoms with E-state index in [2.05, 4.69) is 15.4 Å². The molecule has 1 radical (unpaired) electrons. The molecule has 0 aliphatic carbocycles. The number of aromatic nitrogens is 3. The van der Waals surface area contributed by atoms with E-state index in [0.717, 1.165) is 11.0 Å². The van der Waals surface area contributed by atoms with Crippen LogP contribution in [0.3, 0.4) is 0 Å². The summed E-state index contributed by atoms with van der Waals surface area (Å²) in [5.74, 6) is 0. The van der Waals surface area contributed by atoms with E-state index in [0.29, 0.717) is 0 Å². The SMILES string of the molecule is C[CH]c1ccc2[nH]nnc2c1. The minimum atomic E-state index is 0.917. The van der Waals surface area contributed by atoms with Crippen LogP contribution in [0.25, 0.3) is 11.0 Å². The molecular formula is C8H8N3. The first-order chi connectivity index (χ1) is 5.40. The van der Waals surface area contributed by atoms with Gasteiger partial charge in [-0.1, -0.05) is 18.2 Å². The van der Waals surface area contributed by atoms with Crippen molar-refractivity contribution in [3.05, 3.63) is 30.2 Å². The summed E-state index contributed by atoms with van der Waals surface area (Å²) >= 11 is 0. The molecule has 1 heterocycles. The lowest BCUT2D eigenvalue weighted by Gasteiger charge is -1.92. The number of fused-ring (bicyclic) bond motifs is 1. The summed E-state index contributed by atoms with van der Waals surface area (Å²) < 4.78 is 0. The normalized spacial score (nSPS) is 10.6. The van der Waals surface area contributed by atoms with Crippen molar-refractivity contribution in [3.8, 4) is 0 Å². The lowest BCUT2D eigenvalue weighted by Crippen LogP contribution is -1.76. The molecule has 0 aliphatic rings. The third-order valence-corrected chi connectivity index (χ3v) is 1.68. The first kappa shape index (κ1) is 6.34. The van der Waals surface area contributed by atoms with Crippen LogP contribution in [0.15, 0.2) is 18.2 Å². The van der Waals surface area contributed by atoms with Gasteiger partial charge in [0.25, 0.3) is 0 Å². The van der Waals surface area contributed by atoms with Gasteiger partial charge in [0.15, 0.2) is 0 Å². The molecule has 0 bridgehead atoms. The number of nitrogens with zero attached hydrogens (tertiary/aromatic N) is 2. The first-order valence-corrected chi connectivity index (χ1v) is 3.50. The predicted molar refractivity (Wildman–Crippen MR) is 43.0 cm³/mol. The third kappa shape index (κ3) is 0.981. The van der Waals surface area contributed by atoms with E-state index >= 15 is 0 Å². The summed E-state index contributed by atoms with van der Waals surface area (Å²) in [6.07, 6.45) is 2.04. The van der Waals surface area contributed by atoms with Crippen LogP contribution in [0.4, 0.5) is 0 Å². The van der Waals surface area contributed by atoms with Gasteiger partial charge in [-0.05, 0) is 24.1 Å². The Labute approximate surface area is 64.4 Å². The second-order valence-electron chi connectivity index (χ2n) is 2.38. The lowest BCUT2D eigenvalue weighted by atomic mass is 10.1. The number of H-pyrrole nitrogens is 1. The van der Waals surface area contributed by atoms with E-state index in [-0.39, 0.29) is 0 Å². The molecule has 0 unspecified atom stereocenters. The molecule has 3 nitrogen and oxygen atoms in total. The highest BCUT2D eigenvalue weighted by atomic mass is 15.3. The van der Waals surface area contributed by atoms with Crippen LogP contribution in [0.2, 0.25) is 0 Å². The van der Waals surface area contributed by atoms with E-state index in [4.69, 9.17) is 0 Å². The van der Waals surface area contributed by atoms with Gasteiger partial charge in [-0.25, -0.2) is 0 Å². The zero-order valence-corrected chi connectivity index (χ0v) is 6.20. The molecule has 3 heteroatoms. The standard InChI is InChI=1S/C8H8N3/c1-2-6-3-4-7-8(5-6)10-11-9-7/h2-5H,1H3,(H,9,10,11). The number of nitrogens with one attached hydrogen (secondary N) is 1. The average molecular weight is 146 g/mol. The first-order valence-electron chi connectivity index (χ1n) is 3.50. The Hall–Kier alpha value is -1.38. The van der Waals surface area contributed by atoms with E-state index < -0.39 is 0 Å². The number of aromatic amines is 1. The fourth-order valence-corrected chi connectivity index (χ4v) is 1.04. The van der Waals surface area contributed by atoms with Gasteiger partial charge < -0.3 is 0 Å². The predicted octanol–water partition coefficient (Wildman–Crippen LogP) is 1.53. The van der Waals surface area contributed by atoms with E-state index in [1.165, 1.54) is 5.56 Å². The fourth-order valence-electron chi connectivity index (χ4n) is 1.04. The van der Waals surface area contributed by atoms with Crippen molar-refractivity contribution in [1.82, 2.24) is 15.4 Å². The number of hydrogen-bond acceptors (Lipinski definition) is 2. The molecule has 1 aromatic heterocycles. The largest absolute Gasteiger partial charge is 0.258 e. The highest BCUT2D eigenvalue weighted by Crippen LogP contribution is 2.11. The Morgan fingerprint density at radius 3 is 3.18 bits per heavy atom. The summed E-state index contributed by atoms with van der Waals surface area (Å²) in [5.41, 5.74) is 3.07. The van der Waals surface area contributed by atoms with Crippen LogP contribution in [0, 0.1) is 6.42 Å². The van der Waals surface area contributed by atoms with Gasteiger partial charge >= 0.3 is 0 Å². The molecule has 0 saturated heterocycles. The number of rotatable bonds is 1. The second kappa shape index (κ2) is 2.34. The Bertz CT molecular complexity index is 364. The molecular weight excluding hydrogens is 138 g/mol. The molecule has 2 rings (SSSR count). The molecule has 0 atom stereocenters. The third-order valence-electron chi connectivity index (χ3n) is 1.68. The van der Waals surface area contributed by atoms with Gasteiger partial charge in [-0.2, -0.15) is 0 Å². The van der Waals surface area contributed by atoms with Crippen LogP contribution < -0.4 is 0 Å². The van der Waals surface area contributed by atoms with Gasteiger partial charge in [0.05, 0.1) is 5.52 Å².